The molecule has 0 spiro atoms. The summed E-state index contributed by atoms with van der Waals surface area (Å²) >= 11 is 0. The van der Waals surface area contributed by atoms with Crippen LogP contribution in [-0.4, -0.2) is 16.7 Å². The van der Waals surface area contributed by atoms with E-state index >= 15 is 0 Å². The van der Waals surface area contributed by atoms with Gasteiger partial charge in [-0.3, -0.25) is 0 Å². The fourth-order valence-electron chi connectivity index (χ4n) is 3.17. The predicted octanol–water partition coefficient (Wildman–Crippen LogP) is 3.58. The lowest BCUT2D eigenvalue weighted by Crippen LogP contribution is -2.13. The van der Waals surface area contributed by atoms with Crippen molar-refractivity contribution in [2.75, 3.05) is 6.61 Å². The molecule has 124 valence electrons. The zero-order chi connectivity index (χ0) is 16.1. The molecule has 5 heteroatoms. The van der Waals surface area contributed by atoms with Crippen molar-refractivity contribution in [3.8, 4) is 5.75 Å². The van der Waals surface area contributed by atoms with E-state index in [0.29, 0.717) is 18.1 Å². The third kappa shape index (κ3) is 4.55. The number of ether oxygens (including phenoxy) is 1. The molecule has 1 atom stereocenters. The van der Waals surface area contributed by atoms with Crippen LogP contribution in [0.25, 0.3) is 0 Å². The average Bonchev–Trinajstić information content (AvgIpc) is 3.21. The third-order valence-corrected chi connectivity index (χ3v) is 4.51. The fraction of sp³-hybridized carbons (Fsp3) is 0.556. The van der Waals surface area contributed by atoms with E-state index in [2.05, 4.69) is 10.1 Å². The Balaban J connectivity index is 1.46. The molecule has 1 aliphatic rings. The monoisotopic (exact) mass is 315 g/mol. The Labute approximate surface area is 137 Å². The zero-order valence-corrected chi connectivity index (χ0v) is 13.7. The maximum Gasteiger partial charge on any atom is 0.243 e. The van der Waals surface area contributed by atoms with E-state index in [9.17, 15) is 0 Å². The van der Waals surface area contributed by atoms with Crippen LogP contribution in [0.15, 0.2) is 28.8 Å². The van der Waals surface area contributed by atoms with Crippen molar-refractivity contribution in [2.24, 2.45) is 11.7 Å². The molecule has 0 aliphatic heterocycles. The highest BCUT2D eigenvalue weighted by atomic mass is 16.5. The number of nitrogens with two attached hydrogens (primary N) is 1. The minimum Gasteiger partial charge on any atom is -0.494 e. The second-order valence-electron chi connectivity index (χ2n) is 6.42. The summed E-state index contributed by atoms with van der Waals surface area (Å²) in [6.07, 6.45) is 7.36. The summed E-state index contributed by atoms with van der Waals surface area (Å²) in [5.74, 6) is 2.89. The van der Waals surface area contributed by atoms with E-state index in [-0.39, 0.29) is 6.04 Å². The molecule has 1 aromatic carbocycles. The van der Waals surface area contributed by atoms with Crippen molar-refractivity contribution in [1.82, 2.24) is 10.1 Å². The van der Waals surface area contributed by atoms with Crippen LogP contribution in [0.1, 0.15) is 55.4 Å². The number of hydrogen-bond acceptors (Lipinski definition) is 5. The normalized spacial score (nSPS) is 16.6. The predicted molar refractivity (Wildman–Crippen MR) is 88.2 cm³/mol. The van der Waals surface area contributed by atoms with Gasteiger partial charge >= 0.3 is 0 Å². The van der Waals surface area contributed by atoms with E-state index in [1.54, 1.807) is 6.92 Å². The van der Waals surface area contributed by atoms with Crippen molar-refractivity contribution in [1.29, 1.82) is 0 Å². The third-order valence-electron chi connectivity index (χ3n) is 4.51. The van der Waals surface area contributed by atoms with E-state index in [1.165, 1.54) is 32.1 Å². The van der Waals surface area contributed by atoms with Gasteiger partial charge in [0.15, 0.2) is 5.82 Å². The molecule has 1 fully saturated rings. The number of nitrogens with zero attached hydrogens (tertiary/aromatic N) is 2. The largest absolute Gasteiger partial charge is 0.494 e. The second-order valence-corrected chi connectivity index (χ2v) is 6.42. The van der Waals surface area contributed by atoms with Crippen LogP contribution in [0.4, 0.5) is 0 Å². The standard InChI is InChI=1S/C18H25N3O2/c1-13-20-18(23-21-13)17(19)12-15-6-8-16(9-7-15)22-11-10-14-4-2-3-5-14/h6-9,14,17H,2-5,10-12,19H2,1H3/t17-/m0/s1. The van der Waals surface area contributed by atoms with E-state index in [4.69, 9.17) is 15.0 Å². The lowest BCUT2D eigenvalue weighted by molar-refractivity contribution is 0.279. The molecule has 0 unspecified atom stereocenters. The summed E-state index contributed by atoms with van der Waals surface area (Å²) in [5.41, 5.74) is 7.24. The highest BCUT2D eigenvalue weighted by molar-refractivity contribution is 5.28. The van der Waals surface area contributed by atoms with Crippen molar-refractivity contribution in [3.63, 3.8) is 0 Å². The van der Waals surface area contributed by atoms with Crippen molar-refractivity contribution < 1.29 is 9.26 Å². The molecule has 2 N–H and O–H groups in total. The van der Waals surface area contributed by atoms with Gasteiger partial charge in [-0.25, -0.2) is 0 Å². The molecule has 0 amide bonds. The zero-order valence-electron chi connectivity index (χ0n) is 13.7. The van der Waals surface area contributed by atoms with Crippen molar-refractivity contribution >= 4 is 0 Å². The molecule has 1 heterocycles. The molecule has 3 rings (SSSR count). The van der Waals surface area contributed by atoms with Gasteiger partial charge in [0.1, 0.15) is 5.75 Å². The Bertz CT molecular complexity index is 603. The lowest BCUT2D eigenvalue weighted by atomic mass is 10.1. The van der Waals surface area contributed by atoms with Gasteiger partial charge in [-0.05, 0) is 43.4 Å². The number of aryl methyl sites for hydroxylation is 1. The molecular formula is C18H25N3O2. The Kier molecular flexibility index (Phi) is 5.28. The molecule has 0 saturated heterocycles. The summed E-state index contributed by atoms with van der Waals surface area (Å²) < 4.78 is 11.0. The summed E-state index contributed by atoms with van der Waals surface area (Å²) in [7, 11) is 0. The molecule has 0 radical (unpaired) electrons. The summed E-state index contributed by atoms with van der Waals surface area (Å²) in [5, 5.41) is 3.77. The first-order valence-electron chi connectivity index (χ1n) is 8.48. The Morgan fingerprint density at radius 1 is 1.26 bits per heavy atom. The molecule has 0 bridgehead atoms. The summed E-state index contributed by atoms with van der Waals surface area (Å²) in [6, 6.07) is 7.85. The first-order valence-corrected chi connectivity index (χ1v) is 8.48. The summed E-state index contributed by atoms with van der Waals surface area (Å²) in [6.45, 7) is 2.60. The number of aromatic nitrogens is 2. The lowest BCUT2D eigenvalue weighted by Gasteiger charge is -2.11. The molecule has 1 aromatic heterocycles. The molecule has 1 saturated carbocycles. The van der Waals surface area contributed by atoms with Crippen LogP contribution in [-0.2, 0) is 6.42 Å². The van der Waals surface area contributed by atoms with E-state index in [1.807, 2.05) is 24.3 Å². The molecule has 2 aromatic rings. The fourth-order valence-corrected chi connectivity index (χ4v) is 3.17. The first-order chi connectivity index (χ1) is 11.2. The molecule has 23 heavy (non-hydrogen) atoms. The topological polar surface area (TPSA) is 74.2 Å². The van der Waals surface area contributed by atoms with Crippen LogP contribution < -0.4 is 10.5 Å². The van der Waals surface area contributed by atoms with Gasteiger partial charge in [-0.1, -0.05) is 43.0 Å². The van der Waals surface area contributed by atoms with Crippen LogP contribution in [0.3, 0.4) is 0 Å². The van der Waals surface area contributed by atoms with E-state index in [0.717, 1.165) is 23.8 Å². The Hall–Kier alpha value is -1.88. The maximum atomic E-state index is 6.10. The van der Waals surface area contributed by atoms with Gasteiger partial charge in [-0.15, -0.1) is 0 Å². The minimum atomic E-state index is -0.273. The van der Waals surface area contributed by atoms with Gasteiger partial charge in [0.25, 0.3) is 0 Å². The number of hydrogen-bond donors (Lipinski definition) is 1. The average molecular weight is 315 g/mol. The van der Waals surface area contributed by atoms with Gasteiger partial charge in [0.05, 0.1) is 12.6 Å². The molecule has 5 nitrogen and oxygen atoms in total. The smallest absolute Gasteiger partial charge is 0.243 e. The van der Waals surface area contributed by atoms with Crippen LogP contribution >= 0.6 is 0 Å². The second kappa shape index (κ2) is 7.59. The van der Waals surface area contributed by atoms with Crippen LogP contribution in [0.2, 0.25) is 0 Å². The quantitative estimate of drug-likeness (QED) is 0.845. The van der Waals surface area contributed by atoms with Crippen molar-refractivity contribution in [2.45, 2.75) is 51.5 Å². The SMILES string of the molecule is Cc1noc([C@@H](N)Cc2ccc(OCCC3CCCC3)cc2)n1. The number of benzene rings is 1. The van der Waals surface area contributed by atoms with Crippen LogP contribution in [0, 0.1) is 12.8 Å². The van der Waals surface area contributed by atoms with Gasteiger partial charge in [0.2, 0.25) is 5.89 Å². The Morgan fingerprint density at radius 2 is 2.00 bits per heavy atom. The molecular weight excluding hydrogens is 290 g/mol. The Morgan fingerprint density at radius 3 is 2.65 bits per heavy atom. The van der Waals surface area contributed by atoms with Gasteiger partial charge in [-0.2, -0.15) is 4.98 Å². The number of rotatable bonds is 7. The summed E-state index contributed by atoms with van der Waals surface area (Å²) in [4.78, 5) is 4.18. The van der Waals surface area contributed by atoms with Gasteiger partial charge in [0, 0.05) is 0 Å². The minimum absolute atomic E-state index is 0.273. The highest BCUT2D eigenvalue weighted by Gasteiger charge is 2.15. The van der Waals surface area contributed by atoms with E-state index < -0.39 is 0 Å². The highest BCUT2D eigenvalue weighted by Crippen LogP contribution is 2.27. The maximum absolute atomic E-state index is 6.10. The van der Waals surface area contributed by atoms with Crippen molar-refractivity contribution in [3.05, 3.63) is 41.5 Å². The van der Waals surface area contributed by atoms with Gasteiger partial charge < -0.3 is 15.0 Å². The molecule has 1 aliphatic carbocycles. The first kappa shape index (κ1) is 16.0. The van der Waals surface area contributed by atoms with Crippen LogP contribution in [0.5, 0.6) is 5.75 Å².